The smallest absolute Gasteiger partial charge is 0.159 e. The molecule has 2 heteroatoms. The number of carbonyl (C=O) groups is 1. The molecule has 1 aliphatic rings. The number of rotatable bonds is 6. The summed E-state index contributed by atoms with van der Waals surface area (Å²) in [6, 6.07) is 0. The lowest BCUT2D eigenvalue weighted by Gasteiger charge is -2.24. The third-order valence-electron chi connectivity index (χ3n) is 2.98. The molecule has 0 radical (unpaired) electrons. The molecule has 0 aromatic heterocycles. The van der Waals surface area contributed by atoms with Crippen LogP contribution in [0.2, 0.25) is 0 Å². The third kappa shape index (κ3) is 3.46. The summed E-state index contributed by atoms with van der Waals surface area (Å²) in [5, 5.41) is 0. The fraction of sp³-hybridized carbons (Fsp3) is 0.643. The van der Waals surface area contributed by atoms with E-state index in [0.717, 1.165) is 25.9 Å². The standard InChI is InChI=1S/C14H22NO/c1-4-8-14(16)12(3)11-15-10-7-6-9-13(15)5-2/h6,9,12H,4-5,8,10-11H2,1-3H3/q+1. The van der Waals surface area contributed by atoms with Crippen LogP contribution in [0.25, 0.3) is 0 Å². The van der Waals surface area contributed by atoms with Gasteiger partial charge >= 0.3 is 0 Å². The number of hydrogen-bond acceptors (Lipinski definition) is 2. The molecule has 1 aliphatic heterocycles. The van der Waals surface area contributed by atoms with Crippen LogP contribution in [0.5, 0.6) is 0 Å². The van der Waals surface area contributed by atoms with Crippen LogP contribution in [0.15, 0.2) is 17.8 Å². The van der Waals surface area contributed by atoms with Gasteiger partial charge < -0.3 is 4.90 Å². The van der Waals surface area contributed by atoms with E-state index in [0.29, 0.717) is 12.2 Å². The van der Waals surface area contributed by atoms with E-state index in [2.05, 4.69) is 30.9 Å². The summed E-state index contributed by atoms with van der Waals surface area (Å²) in [4.78, 5) is 14.0. The van der Waals surface area contributed by atoms with Gasteiger partial charge in [-0.15, -0.1) is 0 Å². The molecular formula is C14H22NO+. The van der Waals surface area contributed by atoms with Crippen molar-refractivity contribution in [1.29, 1.82) is 0 Å². The van der Waals surface area contributed by atoms with E-state index in [4.69, 9.17) is 0 Å². The number of hydrogen-bond donors (Lipinski definition) is 0. The van der Waals surface area contributed by atoms with Gasteiger partial charge in [-0.3, -0.25) is 4.79 Å². The van der Waals surface area contributed by atoms with Crippen molar-refractivity contribution in [2.24, 2.45) is 5.92 Å². The molecular weight excluding hydrogens is 198 g/mol. The second-order valence-electron chi connectivity index (χ2n) is 4.38. The van der Waals surface area contributed by atoms with Crippen molar-refractivity contribution in [3.63, 3.8) is 0 Å². The molecule has 0 aromatic rings. The van der Waals surface area contributed by atoms with Crippen LogP contribution >= 0.6 is 0 Å². The predicted molar refractivity (Wildman–Crippen MR) is 66.8 cm³/mol. The second kappa shape index (κ2) is 6.44. The number of carbonyl (C=O) groups excluding carboxylic acids is 1. The minimum atomic E-state index is 0.134. The zero-order valence-electron chi connectivity index (χ0n) is 10.6. The van der Waals surface area contributed by atoms with E-state index >= 15 is 0 Å². The van der Waals surface area contributed by atoms with Crippen molar-refractivity contribution in [2.45, 2.75) is 40.0 Å². The molecule has 0 saturated heterocycles. The highest BCUT2D eigenvalue weighted by Gasteiger charge is 2.21. The van der Waals surface area contributed by atoms with E-state index < -0.39 is 0 Å². The molecule has 0 spiro atoms. The summed E-state index contributed by atoms with van der Waals surface area (Å²) in [7, 11) is 0. The van der Waals surface area contributed by atoms with Gasteiger partial charge in [0.25, 0.3) is 0 Å². The molecule has 1 rings (SSSR count). The molecule has 2 nitrogen and oxygen atoms in total. The van der Waals surface area contributed by atoms with Crippen molar-refractivity contribution in [2.75, 3.05) is 13.1 Å². The zero-order valence-corrected chi connectivity index (χ0v) is 10.6. The van der Waals surface area contributed by atoms with Crippen LogP contribution in [-0.4, -0.2) is 23.8 Å². The Morgan fingerprint density at radius 1 is 1.56 bits per heavy atom. The highest BCUT2D eigenvalue weighted by Crippen LogP contribution is 2.16. The molecule has 0 N–H and O–H groups in total. The van der Waals surface area contributed by atoms with Crippen molar-refractivity contribution >= 4 is 5.78 Å². The van der Waals surface area contributed by atoms with Gasteiger partial charge in [0.15, 0.2) is 12.6 Å². The first kappa shape index (κ1) is 12.9. The maximum atomic E-state index is 11.7. The van der Waals surface area contributed by atoms with Crippen molar-refractivity contribution in [3.05, 3.63) is 23.9 Å². The second-order valence-corrected chi connectivity index (χ2v) is 4.38. The van der Waals surface area contributed by atoms with Crippen molar-refractivity contribution < 1.29 is 4.79 Å². The topological polar surface area (TPSA) is 20.3 Å². The SMILES string of the molecule is CCCC(=O)C(C)CN1C[C+]=CC=C1CC. The largest absolute Gasteiger partial charge is 0.329 e. The Kier molecular flexibility index (Phi) is 5.21. The summed E-state index contributed by atoms with van der Waals surface area (Å²) < 4.78 is 0. The molecule has 88 valence electrons. The highest BCUT2D eigenvalue weighted by atomic mass is 16.1. The van der Waals surface area contributed by atoms with Gasteiger partial charge in [0.1, 0.15) is 11.5 Å². The fourth-order valence-electron chi connectivity index (χ4n) is 1.97. The lowest BCUT2D eigenvalue weighted by atomic mass is 10.0. The van der Waals surface area contributed by atoms with Crippen LogP contribution < -0.4 is 0 Å². The van der Waals surface area contributed by atoms with Crippen LogP contribution in [0.3, 0.4) is 0 Å². The molecule has 16 heavy (non-hydrogen) atoms. The van der Waals surface area contributed by atoms with Crippen LogP contribution in [0, 0.1) is 12.0 Å². The first-order valence-corrected chi connectivity index (χ1v) is 6.22. The lowest BCUT2D eigenvalue weighted by Crippen LogP contribution is -2.32. The molecule has 0 saturated carbocycles. The Morgan fingerprint density at radius 3 is 2.94 bits per heavy atom. The maximum Gasteiger partial charge on any atom is 0.159 e. The average Bonchev–Trinajstić information content (AvgIpc) is 2.30. The first-order chi connectivity index (χ1) is 7.69. The minimum absolute atomic E-state index is 0.134. The van der Waals surface area contributed by atoms with Crippen molar-refractivity contribution in [3.8, 4) is 0 Å². The van der Waals surface area contributed by atoms with Gasteiger partial charge in [-0.1, -0.05) is 20.8 Å². The Labute approximate surface area is 99.0 Å². The molecule has 0 bridgehead atoms. The van der Waals surface area contributed by atoms with Gasteiger partial charge in [-0.05, 0) is 6.42 Å². The Bertz CT molecular complexity index is 291. The highest BCUT2D eigenvalue weighted by molar-refractivity contribution is 5.80. The Balaban J connectivity index is 2.50. The third-order valence-corrected chi connectivity index (χ3v) is 2.98. The van der Waals surface area contributed by atoms with Gasteiger partial charge in [0.05, 0.1) is 12.2 Å². The summed E-state index contributed by atoms with van der Waals surface area (Å²) in [5.74, 6) is 0.516. The number of allylic oxidation sites excluding steroid dienone is 3. The van der Waals surface area contributed by atoms with Crippen molar-refractivity contribution in [1.82, 2.24) is 4.90 Å². The van der Waals surface area contributed by atoms with Crippen LogP contribution in [0.4, 0.5) is 0 Å². The lowest BCUT2D eigenvalue weighted by molar-refractivity contribution is -0.122. The monoisotopic (exact) mass is 220 g/mol. The van der Waals surface area contributed by atoms with Gasteiger partial charge in [0, 0.05) is 25.3 Å². The normalized spacial score (nSPS) is 16.7. The molecule has 0 fully saturated rings. The summed E-state index contributed by atoms with van der Waals surface area (Å²) >= 11 is 0. The predicted octanol–water partition coefficient (Wildman–Crippen LogP) is 2.96. The van der Waals surface area contributed by atoms with Gasteiger partial charge in [0.2, 0.25) is 0 Å². The van der Waals surface area contributed by atoms with E-state index in [1.807, 2.05) is 13.0 Å². The van der Waals surface area contributed by atoms with E-state index in [1.54, 1.807) is 0 Å². The molecule has 0 aliphatic carbocycles. The Hall–Kier alpha value is -1.14. The summed E-state index contributed by atoms with van der Waals surface area (Å²) in [6.07, 6.45) is 9.95. The number of ketones is 1. The Morgan fingerprint density at radius 2 is 2.31 bits per heavy atom. The average molecular weight is 220 g/mol. The molecule has 1 heterocycles. The van der Waals surface area contributed by atoms with E-state index in [9.17, 15) is 4.79 Å². The van der Waals surface area contributed by atoms with Gasteiger partial charge in [-0.25, -0.2) is 0 Å². The van der Waals surface area contributed by atoms with E-state index in [1.165, 1.54) is 5.70 Å². The molecule has 0 amide bonds. The molecule has 1 atom stereocenters. The quantitative estimate of drug-likeness (QED) is 0.641. The molecule has 1 unspecified atom stereocenters. The summed E-state index contributed by atoms with van der Waals surface area (Å²) in [5.41, 5.74) is 1.31. The number of Topliss-reactive ketones (excluding diaryl/α,β-unsaturated/α-hetero) is 1. The van der Waals surface area contributed by atoms with E-state index in [-0.39, 0.29) is 5.92 Å². The zero-order chi connectivity index (χ0) is 12.0. The summed E-state index contributed by atoms with van der Waals surface area (Å²) in [6.45, 7) is 7.89. The minimum Gasteiger partial charge on any atom is -0.329 e. The first-order valence-electron chi connectivity index (χ1n) is 6.22. The maximum absolute atomic E-state index is 11.7. The fourth-order valence-corrected chi connectivity index (χ4v) is 1.97. The van der Waals surface area contributed by atoms with Crippen LogP contribution in [-0.2, 0) is 4.79 Å². The van der Waals surface area contributed by atoms with Gasteiger partial charge in [-0.2, -0.15) is 0 Å². The number of nitrogens with zero attached hydrogens (tertiary/aromatic N) is 1. The van der Waals surface area contributed by atoms with Crippen LogP contribution in [0.1, 0.15) is 40.0 Å². The molecule has 0 aromatic carbocycles.